The molecule has 15 heavy (non-hydrogen) atoms. The fourth-order valence-corrected chi connectivity index (χ4v) is 1.69. The van der Waals surface area contributed by atoms with Gasteiger partial charge in [-0.2, -0.15) is 0 Å². The van der Waals surface area contributed by atoms with Gasteiger partial charge < -0.3 is 11.2 Å². The molecule has 0 bridgehead atoms. The highest BCUT2D eigenvalue weighted by Gasteiger charge is 2.17. The Bertz CT molecular complexity index is 625. The van der Waals surface area contributed by atoms with Gasteiger partial charge in [-0.3, -0.25) is 10.2 Å². The van der Waals surface area contributed by atoms with E-state index in [1.165, 1.54) is 0 Å². The van der Waals surface area contributed by atoms with Gasteiger partial charge in [-0.05, 0) is 12.1 Å². The summed E-state index contributed by atoms with van der Waals surface area (Å²) < 4.78 is 0. The largest absolute Gasteiger partial charge is 0.380 e. The SMILES string of the molecule is Nc1nnc(=O)c2cccc3c2c1NN3. The smallest absolute Gasteiger partial charge is 0.296 e. The van der Waals surface area contributed by atoms with Crippen LogP contribution in [-0.4, -0.2) is 10.2 Å². The standard InChI is InChI=1S/C9H7N5O/c10-8-7-6-4(9(15)14-13-8)2-1-3-5(6)11-12-7/h1-3,11-12H,10H2. The van der Waals surface area contributed by atoms with Crippen molar-refractivity contribution in [3.8, 4) is 0 Å². The Morgan fingerprint density at radius 3 is 2.93 bits per heavy atom. The minimum absolute atomic E-state index is 0.208. The summed E-state index contributed by atoms with van der Waals surface area (Å²) in [5.74, 6) is 0.208. The topological polar surface area (TPSA) is 92.9 Å². The van der Waals surface area contributed by atoms with Crippen molar-refractivity contribution >= 4 is 28.0 Å². The highest BCUT2D eigenvalue weighted by atomic mass is 16.1. The van der Waals surface area contributed by atoms with Crippen molar-refractivity contribution in [2.24, 2.45) is 0 Å². The van der Waals surface area contributed by atoms with E-state index >= 15 is 0 Å². The number of rotatable bonds is 0. The number of nitrogens with one attached hydrogen (secondary N) is 2. The van der Waals surface area contributed by atoms with Crippen LogP contribution in [0.5, 0.6) is 0 Å². The molecule has 1 aliphatic heterocycles. The normalized spacial score (nSPS) is 12.3. The lowest BCUT2D eigenvalue weighted by Gasteiger charge is -1.97. The van der Waals surface area contributed by atoms with Gasteiger partial charge in [0.2, 0.25) is 0 Å². The minimum Gasteiger partial charge on any atom is -0.380 e. The first-order valence-electron chi connectivity index (χ1n) is 4.38. The van der Waals surface area contributed by atoms with Gasteiger partial charge >= 0.3 is 0 Å². The third-order valence-corrected chi connectivity index (χ3v) is 2.37. The maximum atomic E-state index is 11.6. The van der Waals surface area contributed by atoms with Crippen LogP contribution in [0.15, 0.2) is 23.0 Å². The van der Waals surface area contributed by atoms with Crippen LogP contribution in [0.4, 0.5) is 17.2 Å². The van der Waals surface area contributed by atoms with E-state index < -0.39 is 0 Å². The molecular formula is C9H7N5O. The third-order valence-electron chi connectivity index (χ3n) is 2.37. The van der Waals surface area contributed by atoms with Gasteiger partial charge in [-0.1, -0.05) is 6.07 Å². The molecule has 0 saturated heterocycles. The van der Waals surface area contributed by atoms with E-state index in [0.717, 1.165) is 11.1 Å². The summed E-state index contributed by atoms with van der Waals surface area (Å²) in [5.41, 5.74) is 12.5. The lowest BCUT2D eigenvalue weighted by Crippen LogP contribution is -2.06. The zero-order valence-electron chi connectivity index (χ0n) is 7.61. The quantitative estimate of drug-likeness (QED) is 0.568. The average Bonchev–Trinajstić information content (AvgIpc) is 2.63. The molecule has 1 aliphatic rings. The molecule has 6 heteroatoms. The molecule has 1 aromatic heterocycles. The summed E-state index contributed by atoms with van der Waals surface area (Å²) in [4.78, 5) is 11.6. The van der Waals surface area contributed by atoms with Crippen LogP contribution in [0.25, 0.3) is 10.8 Å². The van der Waals surface area contributed by atoms with Crippen LogP contribution in [-0.2, 0) is 0 Å². The Morgan fingerprint density at radius 1 is 1.20 bits per heavy atom. The number of anilines is 3. The van der Waals surface area contributed by atoms with Crippen molar-refractivity contribution in [1.29, 1.82) is 0 Å². The van der Waals surface area contributed by atoms with E-state index in [1.54, 1.807) is 12.1 Å². The van der Waals surface area contributed by atoms with Crippen LogP contribution in [0.2, 0.25) is 0 Å². The molecule has 2 aromatic rings. The molecular weight excluding hydrogens is 194 g/mol. The summed E-state index contributed by atoms with van der Waals surface area (Å²) in [5, 5.41) is 8.39. The lowest BCUT2D eigenvalue weighted by molar-refractivity contribution is 1.03. The van der Waals surface area contributed by atoms with Crippen molar-refractivity contribution in [3.63, 3.8) is 0 Å². The molecule has 0 unspecified atom stereocenters. The number of nitrogens with zero attached hydrogens (tertiary/aromatic N) is 2. The molecule has 0 fully saturated rings. The summed E-state index contributed by atoms with van der Waals surface area (Å²) in [6.07, 6.45) is 0. The second-order valence-electron chi connectivity index (χ2n) is 3.24. The molecule has 6 nitrogen and oxygen atoms in total. The summed E-state index contributed by atoms with van der Waals surface area (Å²) in [6.45, 7) is 0. The van der Waals surface area contributed by atoms with Crippen LogP contribution >= 0.6 is 0 Å². The number of nitrogen functional groups attached to an aromatic ring is 1. The third kappa shape index (κ3) is 0.954. The van der Waals surface area contributed by atoms with E-state index in [2.05, 4.69) is 21.0 Å². The molecule has 2 heterocycles. The van der Waals surface area contributed by atoms with Gasteiger partial charge in [0, 0.05) is 5.39 Å². The second kappa shape index (κ2) is 2.57. The number of hydrogen-bond acceptors (Lipinski definition) is 6. The van der Waals surface area contributed by atoms with E-state index in [0.29, 0.717) is 11.1 Å². The molecule has 0 amide bonds. The number of hydrogen-bond donors (Lipinski definition) is 3. The van der Waals surface area contributed by atoms with E-state index in [-0.39, 0.29) is 11.4 Å². The fraction of sp³-hybridized carbons (Fsp3) is 0. The van der Waals surface area contributed by atoms with Gasteiger partial charge in [-0.15, -0.1) is 10.2 Å². The molecule has 0 atom stereocenters. The van der Waals surface area contributed by atoms with Crippen LogP contribution in [0, 0.1) is 0 Å². The van der Waals surface area contributed by atoms with Crippen LogP contribution in [0.3, 0.4) is 0 Å². The lowest BCUT2D eigenvalue weighted by atomic mass is 10.1. The van der Waals surface area contributed by atoms with Crippen LogP contribution < -0.4 is 22.1 Å². The summed E-state index contributed by atoms with van der Waals surface area (Å²) in [7, 11) is 0. The van der Waals surface area contributed by atoms with E-state index in [1.807, 2.05) is 6.07 Å². The number of aromatic nitrogens is 2. The van der Waals surface area contributed by atoms with Gasteiger partial charge in [-0.25, -0.2) is 0 Å². The average molecular weight is 201 g/mol. The zero-order valence-corrected chi connectivity index (χ0v) is 7.61. The Balaban J connectivity index is 2.68. The Morgan fingerprint density at radius 2 is 2.07 bits per heavy atom. The molecule has 74 valence electrons. The predicted molar refractivity (Wildman–Crippen MR) is 57.5 cm³/mol. The first-order chi connectivity index (χ1) is 7.27. The Kier molecular flexibility index (Phi) is 1.37. The first-order valence-corrected chi connectivity index (χ1v) is 4.38. The van der Waals surface area contributed by atoms with E-state index in [9.17, 15) is 4.79 Å². The summed E-state index contributed by atoms with van der Waals surface area (Å²) in [6, 6.07) is 5.33. The Hall–Kier alpha value is -2.37. The van der Waals surface area contributed by atoms with Crippen molar-refractivity contribution in [2.45, 2.75) is 0 Å². The summed E-state index contributed by atoms with van der Waals surface area (Å²) >= 11 is 0. The monoisotopic (exact) mass is 201 g/mol. The van der Waals surface area contributed by atoms with Crippen molar-refractivity contribution in [2.75, 3.05) is 16.6 Å². The highest BCUT2D eigenvalue weighted by molar-refractivity contribution is 6.08. The maximum Gasteiger partial charge on any atom is 0.296 e. The molecule has 0 radical (unpaired) electrons. The predicted octanol–water partition coefficient (Wildman–Crippen LogP) is 0.325. The van der Waals surface area contributed by atoms with Crippen molar-refractivity contribution in [3.05, 3.63) is 28.6 Å². The first kappa shape index (κ1) is 7.98. The molecule has 0 spiro atoms. The van der Waals surface area contributed by atoms with Crippen molar-refractivity contribution < 1.29 is 0 Å². The molecule has 0 aliphatic carbocycles. The van der Waals surface area contributed by atoms with Gasteiger partial charge in [0.1, 0.15) is 5.69 Å². The Labute approximate surface area is 84.1 Å². The van der Waals surface area contributed by atoms with E-state index in [4.69, 9.17) is 5.73 Å². The van der Waals surface area contributed by atoms with Crippen LogP contribution in [0.1, 0.15) is 0 Å². The zero-order chi connectivity index (χ0) is 10.4. The van der Waals surface area contributed by atoms with Gasteiger partial charge in [0.25, 0.3) is 5.56 Å². The highest BCUT2D eigenvalue weighted by Crippen LogP contribution is 2.35. The number of nitrogens with two attached hydrogens (primary N) is 1. The van der Waals surface area contributed by atoms with Crippen molar-refractivity contribution in [1.82, 2.24) is 10.2 Å². The maximum absolute atomic E-state index is 11.6. The molecule has 3 rings (SSSR count). The molecule has 4 N–H and O–H groups in total. The second-order valence-corrected chi connectivity index (χ2v) is 3.24. The van der Waals surface area contributed by atoms with Gasteiger partial charge in [0.15, 0.2) is 5.82 Å². The minimum atomic E-state index is -0.379. The molecule has 0 saturated carbocycles. The number of hydrazine groups is 1. The molecule has 1 aromatic carbocycles. The number of benzene rings is 1. The van der Waals surface area contributed by atoms with Gasteiger partial charge in [0.05, 0.1) is 11.1 Å². The fourth-order valence-electron chi connectivity index (χ4n) is 1.69.